The predicted octanol–water partition coefficient (Wildman–Crippen LogP) is 3.05. The Morgan fingerprint density at radius 1 is 1.24 bits per heavy atom. The van der Waals surface area contributed by atoms with E-state index in [0.29, 0.717) is 22.6 Å². The smallest absolute Gasteiger partial charge is 0.257 e. The Balaban J connectivity index is 1.75. The first kappa shape index (κ1) is 22.6. The molecule has 0 aliphatic rings. The molecule has 0 heterocycles. The van der Waals surface area contributed by atoms with Crippen molar-refractivity contribution in [2.75, 3.05) is 19.4 Å². The summed E-state index contributed by atoms with van der Waals surface area (Å²) >= 11 is 5.58. The van der Waals surface area contributed by atoms with Crippen molar-refractivity contribution in [3.8, 4) is 5.75 Å². The molecule has 1 atom stereocenters. The average Bonchev–Trinajstić information content (AvgIpc) is 2.68. The van der Waals surface area contributed by atoms with Crippen molar-refractivity contribution in [2.45, 2.75) is 11.3 Å². The number of benzene rings is 2. The van der Waals surface area contributed by atoms with Crippen LogP contribution in [0.1, 0.15) is 16.8 Å². The van der Waals surface area contributed by atoms with E-state index in [1.54, 1.807) is 24.3 Å². The Morgan fingerprint density at radius 2 is 1.97 bits per heavy atom. The first-order chi connectivity index (χ1) is 13.8. The number of nitrogens with one attached hydrogen (secondary N) is 2. The molecule has 0 radical (unpaired) electrons. The lowest BCUT2D eigenvalue weighted by atomic mass is 10.2. The molecular formula is C20H20ClFN2O4S. The maximum atomic E-state index is 13.3. The zero-order chi connectivity index (χ0) is 21.4. The second-order valence-electron chi connectivity index (χ2n) is 5.97. The van der Waals surface area contributed by atoms with E-state index in [2.05, 4.69) is 17.2 Å². The Labute approximate surface area is 175 Å². The van der Waals surface area contributed by atoms with Crippen LogP contribution >= 0.6 is 11.6 Å². The third-order valence-electron chi connectivity index (χ3n) is 3.74. The number of ether oxygens (including phenoxy) is 1. The van der Waals surface area contributed by atoms with Crippen molar-refractivity contribution >= 4 is 34.2 Å². The lowest BCUT2D eigenvalue weighted by Crippen LogP contribution is -2.31. The number of halogens is 2. The largest absolute Gasteiger partial charge is 0.484 e. The van der Waals surface area contributed by atoms with Crippen molar-refractivity contribution in [3.05, 3.63) is 71.1 Å². The van der Waals surface area contributed by atoms with Gasteiger partial charge in [-0.2, -0.15) is 0 Å². The van der Waals surface area contributed by atoms with E-state index < -0.39 is 28.4 Å². The molecule has 9 heteroatoms. The fourth-order valence-corrected chi connectivity index (χ4v) is 3.17. The SMILES string of the molecule is C=C(CCNC(=O)COc1ccc(Cl)c(F)c1)NC(=O)c1ccccc1S(C)=O. The summed E-state index contributed by atoms with van der Waals surface area (Å²) in [6, 6.07) is 10.5. The minimum atomic E-state index is -1.30. The number of hydrogen-bond acceptors (Lipinski definition) is 4. The summed E-state index contributed by atoms with van der Waals surface area (Å²) in [5.41, 5.74) is 0.704. The molecule has 29 heavy (non-hydrogen) atoms. The molecule has 0 aromatic heterocycles. The first-order valence-corrected chi connectivity index (χ1v) is 10.5. The highest BCUT2D eigenvalue weighted by Crippen LogP contribution is 2.20. The van der Waals surface area contributed by atoms with Crippen LogP contribution in [-0.2, 0) is 15.6 Å². The van der Waals surface area contributed by atoms with Gasteiger partial charge < -0.3 is 15.4 Å². The quantitative estimate of drug-likeness (QED) is 0.630. The van der Waals surface area contributed by atoms with E-state index in [1.807, 2.05) is 0 Å². The van der Waals surface area contributed by atoms with Gasteiger partial charge in [-0.1, -0.05) is 30.3 Å². The van der Waals surface area contributed by atoms with Gasteiger partial charge >= 0.3 is 0 Å². The van der Waals surface area contributed by atoms with Gasteiger partial charge in [0.25, 0.3) is 11.8 Å². The van der Waals surface area contributed by atoms with Crippen molar-refractivity contribution in [2.24, 2.45) is 0 Å². The average molecular weight is 439 g/mol. The van der Waals surface area contributed by atoms with Gasteiger partial charge in [-0.25, -0.2) is 4.39 Å². The van der Waals surface area contributed by atoms with Crippen molar-refractivity contribution in [1.29, 1.82) is 0 Å². The van der Waals surface area contributed by atoms with E-state index in [0.717, 1.165) is 6.07 Å². The molecule has 2 N–H and O–H groups in total. The molecule has 2 amide bonds. The van der Waals surface area contributed by atoms with Gasteiger partial charge in [0.1, 0.15) is 11.6 Å². The molecule has 154 valence electrons. The van der Waals surface area contributed by atoms with Gasteiger partial charge in [0.05, 0.1) is 26.3 Å². The zero-order valence-electron chi connectivity index (χ0n) is 15.7. The van der Waals surface area contributed by atoms with Crippen LogP contribution in [0, 0.1) is 5.82 Å². The molecule has 0 aliphatic heterocycles. The minimum absolute atomic E-state index is 0.0323. The van der Waals surface area contributed by atoms with Crippen LogP contribution in [0.4, 0.5) is 4.39 Å². The summed E-state index contributed by atoms with van der Waals surface area (Å²) in [6.07, 6.45) is 1.79. The fraction of sp³-hybridized carbons (Fsp3) is 0.200. The van der Waals surface area contributed by atoms with Crippen molar-refractivity contribution in [1.82, 2.24) is 10.6 Å². The van der Waals surface area contributed by atoms with Crippen LogP contribution in [0.5, 0.6) is 5.75 Å². The second kappa shape index (κ2) is 10.7. The molecule has 1 unspecified atom stereocenters. The van der Waals surface area contributed by atoms with Gasteiger partial charge in [0.2, 0.25) is 0 Å². The van der Waals surface area contributed by atoms with Gasteiger partial charge in [-0.05, 0) is 24.3 Å². The third kappa shape index (κ3) is 6.99. The number of hydrogen-bond donors (Lipinski definition) is 2. The molecule has 0 aliphatic carbocycles. The highest BCUT2D eigenvalue weighted by molar-refractivity contribution is 7.84. The molecule has 0 fully saturated rings. The second-order valence-corrected chi connectivity index (χ2v) is 7.73. The fourth-order valence-electron chi connectivity index (χ4n) is 2.31. The van der Waals surface area contributed by atoms with Crippen molar-refractivity contribution in [3.63, 3.8) is 0 Å². The molecule has 0 saturated carbocycles. The van der Waals surface area contributed by atoms with Gasteiger partial charge in [-0.15, -0.1) is 0 Å². The summed E-state index contributed by atoms with van der Waals surface area (Å²) in [5, 5.41) is 5.21. The Morgan fingerprint density at radius 3 is 2.66 bits per heavy atom. The van der Waals surface area contributed by atoms with Crippen LogP contribution in [0.2, 0.25) is 5.02 Å². The maximum Gasteiger partial charge on any atom is 0.257 e. The molecule has 2 aromatic carbocycles. The monoisotopic (exact) mass is 438 g/mol. The predicted molar refractivity (Wildman–Crippen MR) is 110 cm³/mol. The molecular weight excluding hydrogens is 419 g/mol. The zero-order valence-corrected chi connectivity index (χ0v) is 17.2. The highest BCUT2D eigenvalue weighted by Gasteiger charge is 2.14. The topological polar surface area (TPSA) is 84.5 Å². The summed E-state index contributed by atoms with van der Waals surface area (Å²) in [4.78, 5) is 24.6. The van der Waals surface area contributed by atoms with Crippen LogP contribution in [0.3, 0.4) is 0 Å². The van der Waals surface area contributed by atoms with E-state index in [-0.39, 0.29) is 23.9 Å². The third-order valence-corrected chi connectivity index (χ3v) is 5.02. The van der Waals surface area contributed by atoms with Crippen molar-refractivity contribution < 1.29 is 22.9 Å². The molecule has 2 aromatic rings. The van der Waals surface area contributed by atoms with E-state index >= 15 is 0 Å². The van der Waals surface area contributed by atoms with Crippen LogP contribution in [0.15, 0.2) is 59.6 Å². The van der Waals surface area contributed by atoms with E-state index in [1.165, 1.54) is 18.4 Å². The van der Waals surface area contributed by atoms with E-state index in [9.17, 15) is 18.2 Å². The van der Waals surface area contributed by atoms with Crippen LogP contribution in [-0.4, -0.2) is 35.4 Å². The maximum absolute atomic E-state index is 13.3. The minimum Gasteiger partial charge on any atom is -0.484 e. The van der Waals surface area contributed by atoms with Crippen LogP contribution in [0.25, 0.3) is 0 Å². The standard InChI is InChI=1S/C20H20ClFN2O4S/c1-13(24-20(26)15-5-3-4-6-18(15)29(2)27)9-10-23-19(25)12-28-14-7-8-16(21)17(22)11-14/h3-8,11H,1,9-10,12H2,2H3,(H,23,25)(H,24,26). The van der Waals surface area contributed by atoms with Gasteiger partial charge in [0, 0.05) is 31.0 Å². The van der Waals surface area contributed by atoms with Crippen LogP contribution < -0.4 is 15.4 Å². The Bertz CT molecular complexity index is 952. The molecule has 6 nitrogen and oxygen atoms in total. The number of amides is 2. The first-order valence-electron chi connectivity index (χ1n) is 8.54. The van der Waals surface area contributed by atoms with Gasteiger partial charge in [-0.3, -0.25) is 13.8 Å². The molecule has 2 rings (SSSR count). The lowest BCUT2D eigenvalue weighted by Gasteiger charge is -2.11. The molecule has 0 spiro atoms. The summed E-state index contributed by atoms with van der Waals surface area (Å²) in [5.74, 6) is -1.28. The number of rotatable bonds is 9. The molecule has 0 bridgehead atoms. The number of carbonyl (C=O) groups excluding carboxylic acids is 2. The number of carbonyl (C=O) groups is 2. The molecule has 0 saturated heterocycles. The lowest BCUT2D eigenvalue weighted by molar-refractivity contribution is -0.123. The summed E-state index contributed by atoms with van der Waals surface area (Å²) in [6.45, 7) is 3.68. The Kier molecular flexibility index (Phi) is 8.35. The van der Waals surface area contributed by atoms with Gasteiger partial charge in [0.15, 0.2) is 6.61 Å². The summed E-state index contributed by atoms with van der Waals surface area (Å²) in [7, 11) is -1.30. The normalized spacial score (nSPS) is 11.4. The highest BCUT2D eigenvalue weighted by atomic mass is 35.5. The van der Waals surface area contributed by atoms with E-state index in [4.69, 9.17) is 16.3 Å². The Hall–Kier alpha value is -2.71. The summed E-state index contributed by atoms with van der Waals surface area (Å²) < 4.78 is 30.2.